The molecule has 0 radical (unpaired) electrons. The summed E-state index contributed by atoms with van der Waals surface area (Å²) >= 11 is 6.78. The molecule has 1 aliphatic rings. The highest BCUT2D eigenvalue weighted by Crippen LogP contribution is 2.44. The molecule has 0 spiro atoms. The summed E-state index contributed by atoms with van der Waals surface area (Å²) in [6.07, 6.45) is -8.73. The fourth-order valence-electron chi connectivity index (χ4n) is 3.50. The van der Waals surface area contributed by atoms with Crippen LogP contribution in [0, 0.1) is 5.92 Å². The molecular formula is C21H19ClF5NO4S. The Morgan fingerprint density at radius 3 is 2.58 bits per heavy atom. The standard InChI is InChI=1S/C21H19ClF5NO4S/c1-9(2)3-13-14(20(29)30)15(19(23)24)28-18(21(25,26)27)17(13)33-7-11-5-12(22)4-10-6-31-8-32-16(10)11/h4-5,9,19H,3,6-8H2,1-2H3,(H,29,30). The summed E-state index contributed by atoms with van der Waals surface area (Å²) in [5.41, 5.74) is -3.07. The largest absolute Gasteiger partial charge is 0.478 e. The lowest BCUT2D eigenvalue weighted by molar-refractivity contribution is -0.143. The zero-order valence-electron chi connectivity index (χ0n) is 17.4. The smallest absolute Gasteiger partial charge is 0.434 e. The molecule has 0 bridgehead atoms. The van der Waals surface area contributed by atoms with E-state index < -0.39 is 40.4 Å². The Hall–Kier alpha value is -2.11. The van der Waals surface area contributed by atoms with Crippen molar-refractivity contribution in [2.75, 3.05) is 6.79 Å². The second kappa shape index (κ2) is 10.0. The first-order valence-electron chi connectivity index (χ1n) is 9.70. The molecule has 5 nitrogen and oxygen atoms in total. The number of ether oxygens (including phenoxy) is 2. The number of aromatic nitrogens is 1. The SMILES string of the molecule is CC(C)Cc1c(SCc2cc(Cl)cc3c2OCOC3)c(C(F)(F)F)nc(C(F)F)c1C(=O)O. The van der Waals surface area contributed by atoms with E-state index >= 15 is 0 Å². The second-order valence-electron chi connectivity index (χ2n) is 7.68. The predicted molar refractivity (Wildman–Crippen MR) is 111 cm³/mol. The van der Waals surface area contributed by atoms with Gasteiger partial charge in [-0.25, -0.2) is 18.6 Å². The third kappa shape index (κ3) is 5.70. The highest BCUT2D eigenvalue weighted by atomic mass is 35.5. The minimum Gasteiger partial charge on any atom is -0.478 e. The fraction of sp³-hybridized carbons (Fsp3) is 0.429. The Labute approximate surface area is 195 Å². The number of pyridine rings is 1. The van der Waals surface area contributed by atoms with Gasteiger partial charge in [0, 0.05) is 26.8 Å². The van der Waals surface area contributed by atoms with Gasteiger partial charge in [0.1, 0.15) is 11.4 Å². The topological polar surface area (TPSA) is 68.7 Å². The Kier molecular flexibility index (Phi) is 7.75. The van der Waals surface area contributed by atoms with Crippen molar-refractivity contribution in [3.63, 3.8) is 0 Å². The molecule has 0 unspecified atom stereocenters. The minimum atomic E-state index is -5.08. The van der Waals surface area contributed by atoms with E-state index in [2.05, 4.69) is 4.98 Å². The first kappa shape index (κ1) is 25.5. The lowest BCUT2D eigenvalue weighted by Crippen LogP contribution is -2.20. The number of carbonyl (C=O) groups is 1. The molecule has 12 heteroatoms. The Bertz CT molecular complexity index is 1060. The Morgan fingerprint density at radius 1 is 1.30 bits per heavy atom. The van der Waals surface area contributed by atoms with Crippen LogP contribution in [0.3, 0.4) is 0 Å². The van der Waals surface area contributed by atoms with Crippen LogP contribution in [-0.2, 0) is 29.7 Å². The van der Waals surface area contributed by atoms with Crippen LogP contribution in [0.2, 0.25) is 5.02 Å². The zero-order valence-corrected chi connectivity index (χ0v) is 19.0. The number of nitrogens with zero attached hydrogens (tertiary/aromatic N) is 1. The van der Waals surface area contributed by atoms with Gasteiger partial charge in [-0.15, -0.1) is 11.8 Å². The van der Waals surface area contributed by atoms with Crippen molar-refractivity contribution in [2.24, 2.45) is 5.92 Å². The number of carboxylic acid groups (broad SMARTS) is 1. The normalized spacial score (nSPS) is 13.9. The number of alkyl halides is 5. The second-order valence-corrected chi connectivity index (χ2v) is 9.10. The number of carboxylic acids is 1. The van der Waals surface area contributed by atoms with Crippen LogP contribution in [0.4, 0.5) is 22.0 Å². The van der Waals surface area contributed by atoms with E-state index in [0.717, 1.165) is 0 Å². The third-order valence-corrected chi connectivity index (χ3v) is 6.11. The summed E-state index contributed by atoms with van der Waals surface area (Å²) in [5.74, 6) is -1.75. The number of aromatic carboxylic acids is 1. The Morgan fingerprint density at radius 2 is 2.00 bits per heavy atom. The maximum atomic E-state index is 13.9. The van der Waals surface area contributed by atoms with Gasteiger partial charge in [-0.05, 0) is 30.0 Å². The van der Waals surface area contributed by atoms with Gasteiger partial charge in [-0.3, -0.25) is 0 Å². The van der Waals surface area contributed by atoms with Crippen LogP contribution in [0.25, 0.3) is 0 Å². The lowest BCUT2D eigenvalue weighted by Gasteiger charge is -2.23. The first-order valence-corrected chi connectivity index (χ1v) is 11.1. The molecule has 0 amide bonds. The van der Waals surface area contributed by atoms with Crippen molar-refractivity contribution in [1.82, 2.24) is 4.98 Å². The molecule has 0 aliphatic carbocycles. The average molecular weight is 512 g/mol. The van der Waals surface area contributed by atoms with Gasteiger partial charge in [0.15, 0.2) is 12.5 Å². The Balaban J connectivity index is 2.18. The summed E-state index contributed by atoms with van der Waals surface area (Å²) in [6, 6.07) is 3.13. The van der Waals surface area contributed by atoms with Crippen molar-refractivity contribution in [3.05, 3.63) is 50.8 Å². The van der Waals surface area contributed by atoms with Crippen molar-refractivity contribution >= 4 is 29.3 Å². The van der Waals surface area contributed by atoms with Crippen LogP contribution in [-0.4, -0.2) is 22.9 Å². The maximum Gasteiger partial charge on any atom is 0.434 e. The number of thioether (sulfide) groups is 1. The molecule has 1 aromatic heterocycles. The highest BCUT2D eigenvalue weighted by Gasteiger charge is 2.40. The van der Waals surface area contributed by atoms with Gasteiger partial charge in [0.05, 0.1) is 12.2 Å². The van der Waals surface area contributed by atoms with E-state index in [1.54, 1.807) is 19.9 Å². The molecule has 180 valence electrons. The van der Waals surface area contributed by atoms with E-state index in [1.807, 2.05) is 0 Å². The molecule has 2 aromatic rings. The maximum absolute atomic E-state index is 13.9. The summed E-state index contributed by atoms with van der Waals surface area (Å²) in [5, 5.41) is 9.91. The lowest BCUT2D eigenvalue weighted by atomic mass is 9.96. The van der Waals surface area contributed by atoms with Gasteiger partial charge < -0.3 is 14.6 Å². The van der Waals surface area contributed by atoms with E-state index in [0.29, 0.717) is 33.7 Å². The predicted octanol–water partition coefficient (Wildman–Crippen LogP) is 6.75. The van der Waals surface area contributed by atoms with Crippen LogP contribution in [0.15, 0.2) is 17.0 Å². The number of rotatable bonds is 7. The van der Waals surface area contributed by atoms with Crippen molar-refractivity contribution < 1.29 is 41.3 Å². The van der Waals surface area contributed by atoms with Gasteiger partial charge in [0.2, 0.25) is 0 Å². The van der Waals surface area contributed by atoms with Crippen LogP contribution < -0.4 is 4.74 Å². The van der Waals surface area contributed by atoms with Crippen molar-refractivity contribution in [3.8, 4) is 5.75 Å². The molecule has 0 fully saturated rings. The molecule has 1 aromatic carbocycles. The summed E-state index contributed by atoms with van der Waals surface area (Å²) in [4.78, 5) is 14.4. The number of fused-ring (bicyclic) bond motifs is 1. The van der Waals surface area contributed by atoms with Crippen LogP contribution >= 0.6 is 23.4 Å². The molecule has 1 N–H and O–H groups in total. The molecule has 3 rings (SSSR count). The molecule has 0 saturated carbocycles. The highest BCUT2D eigenvalue weighted by molar-refractivity contribution is 7.98. The van der Waals surface area contributed by atoms with Crippen molar-refractivity contribution in [1.29, 1.82) is 0 Å². The third-order valence-electron chi connectivity index (χ3n) is 4.70. The number of halogens is 6. The van der Waals surface area contributed by atoms with Gasteiger partial charge in [-0.1, -0.05) is 25.4 Å². The van der Waals surface area contributed by atoms with E-state index in [-0.39, 0.29) is 37.1 Å². The number of benzene rings is 1. The van der Waals surface area contributed by atoms with Gasteiger partial charge in [0.25, 0.3) is 6.43 Å². The zero-order chi connectivity index (χ0) is 24.5. The average Bonchev–Trinajstić information content (AvgIpc) is 2.70. The van der Waals surface area contributed by atoms with Crippen LogP contribution in [0.1, 0.15) is 58.7 Å². The molecule has 0 saturated heterocycles. The molecule has 0 atom stereocenters. The van der Waals surface area contributed by atoms with E-state index in [9.17, 15) is 31.9 Å². The monoisotopic (exact) mass is 511 g/mol. The van der Waals surface area contributed by atoms with Crippen molar-refractivity contribution in [2.45, 2.75) is 50.1 Å². The van der Waals surface area contributed by atoms with E-state index in [1.165, 1.54) is 6.07 Å². The van der Waals surface area contributed by atoms with Gasteiger partial charge >= 0.3 is 12.1 Å². The number of hydrogen-bond acceptors (Lipinski definition) is 5. The molecule has 2 heterocycles. The van der Waals surface area contributed by atoms with Gasteiger partial charge in [-0.2, -0.15) is 13.2 Å². The molecule has 1 aliphatic heterocycles. The number of hydrogen-bond donors (Lipinski definition) is 1. The molecule has 33 heavy (non-hydrogen) atoms. The summed E-state index contributed by atoms with van der Waals surface area (Å²) in [6.45, 7) is 3.45. The summed E-state index contributed by atoms with van der Waals surface area (Å²) in [7, 11) is 0. The minimum absolute atomic E-state index is 0.0491. The van der Waals surface area contributed by atoms with Crippen LogP contribution in [0.5, 0.6) is 5.75 Å². The molecular weight excluding hydrogens is 493 g/mol. The fourth-order valence-corrected chi connectivity index (χ4v) is 4.93. The summed E-state index contributed by atoms with van der Waals surface area (Å²) < 4.78 is 79.4. The first-order chi connectivity index (χ1) is 15.4. The van der Waals surface area contributed by atoms with E-state index in [4.69, 9.17) is 21.1 Å². The quantitative estimate of drug-likeness (QED) is 0.328.